The summed E-state index contributed by atoms with van der Waals surface area (Å²) in [6.07, 6.45) is 3.10. The number of aromatic nitrogens is 1. The van der Waals surface area contributed by atoms with Crippen LogP contribution in [0.3, 0.4) is 0 Å². The number of carbonyl (C=O) groups excluding carboxylic acids is 1. The predicted molar refractivity (Wildman–Crippen MR) is 73.8 cm³/mol. The molecule has 1 aromatic heterocycles. The lowest BCUT2D eigenvalue weighted by atomic mass is 9.72. The van der Waals surface area contributed by atoms with Crippen LogP contribution in [0.15, 0.2) is 24.5 Å². The molecule has 22 heavy (non-hydrogen) atoms. The second-order valence-corrected chi connectivity index (χ2v) is 5.27. The van der Waals surface area contributed by atoms with Crippen molar-refractivity contribution in [2.45, 2.75) is 37.7 Å². The molecule has 0 bridgehead atoms. The van der Waals surface area contributed by atoms with Gasteiger partial charge in [-0.05, 0) is 18.9 Å². The van der Waals surface area contributed by atoms with Crippen LogP contribution >= 0.6 is 0 Å². The molecule has 1 aromatic rings. The Morgan fingerprint density at radius 2 is 2.23 bits per heavy atom. The Balaban J connectivity index is 1.83. The Bertz CT molecular complexity index is 555. The van der Waals surface area contributed by atoms with Gasteiger partial charge in [-0.3, -0.25) is 14.8 Å². The van der Waals surface area contributed by atoms with E-state index in [0.717, 1.165) is 4.73 Å². The number of hydrogen-bond acceptors (Lipinski definition) is 5. The second kappa shape index (κ2) is 7.23. The average Bonchev–Trinajstić information content (AvgIpc) is 2.41. The molecule has 2 rings (SSSR count). The van der Waals surface area contributed by atoms with E-state index in [1.54, 1.807) is 12.1 Å². The van der Waals surface area contributed by atoms with E-state index in [-0.39, 0.29) is 18.7 Å². The summed E-state index contributed by atoms with van der Waals surface area (Å²) < 4.78 is 6.05. The molecule has 118 valence electrons. The maximum absolute atomic E-state index is 11.9. The van der Waals surface area contributed by atoms with Crippen LogP contribution in [-0.2, 0) is 20.7 Å². The zero-order valence-corrected chi connectivity index (χ0v) is 11.9. The van der Waals surface area contributed by atoms with Crippen LogP contribution in [0.25, 0.3) is 0 Å². The third kappa shape index (κ3) is 4.71. The van der Waals surface area contributed by atoms with Crippen molar-refractivity contribution in [1.29, 1.82) is 0 Å². The molecule has 1 saturated heterocycles. The number of aliphatic carboxylic acids is 1. The number of nitrogens with one attached hydrogen (secondary N) is 1. The lowest BCUT2D eigenvalue weighted by Crippen LogP contribution is -2.53. The fourth-order valence-corrected chi connectivity index (χ4v) is 2.42. The maximum Gasteiger partial charge on any atom is 0.478 e. The van der Waals surface area contributed by atoms with Crippen LogP contribution in [0.2, 0.25) is 0 Å². The van der Waals surface area contributed by atoms with Gasteiger partial charge in [0.25, 0.3) is 0 Å². The van der Waals surface area contributed by atoms with Gasteiger partial charge in [-0.1, -0.05) is 0 Å². The number of carbonyl (C=O) groups is 2. The largest absolute Gasteiger partial charge is 0.481 e. The fourth-order valence-electron chi connectivity index (χ4n) is 2.42. The summed E-state index contributed by atoms with van der Waals surface area (Å²) in [7, 11) is -1.22. The summed E-state index contributed by atoms with van der Waals surface area (Å²) >= 11 is 0. The Morgan fingerprint density at radius 1 is 1.45 bits per heavy atom. The van der Waals surface area contributed by atoms with E-state index in [1.165, 1.54) is 12.4 Å². The average molecular weight is 309 g/mol. The van der Waals surface area contributed by atoms with E-state index in [1.807, 2.05) is 0 Å². The first-order valence-corrected chi connectivity index (χ1v) is 6.98. The summed E-state index contributed by atoms with van der Waals surface area (Å²) in [5.74, 6) is -1.86. The van der Waals surface area contributed by atoms with Gasteiger partial charge >= 0.3 is 13.1 Å². The highest BCUT2D eigenvalue weighted by molar-refractivity contribution is 6.45. The molecule has 1 fully saturated rings. The molecule has 8 nitrogen and oxygen atoms in total. The smallest absolute Gasteiger partial charge is 0.478 e. The quantitative estimate of drug-likeness (QED) is 0.312. The molecule has 1 aliphatic heterocycles. The predicted octanol–water partition coefficient (Wildman–Crippen LogP) is -1.09. The molecule has 1 amide bonds. The minimum Gasteiger partial charge on any atom is -0.481 e. The van der Waals surface area contributed by atoms with Gasteiger partial charge in [0.05, 0.1) is 24.9 Å². The molecular weight excluding hydrogens is 291 g/mol. The molecular formula is C13H18BN2O6+. The summed E-state index contributed by atoms with van der Waals surface area (Å²) in [4.78, 5) is 22.5. The number of nitrogens with zero attached hydrogens (tertiary/aromatic N) is 1. The van der Waals surface area contributed by atoms with E-state index >= 15 is 0 Å². The molecule has 0 unspecified atom stereocenters. The molecule has 0 saturated carbocycles. The van der Waals surface area contributed by atoms with E-state index in [2.05, 4.69) is 5.32 Å². The lowest BCUT2D eigenvalue weighted by molar-refractivity contribution is -0.905. The highest BCUT2D eigenvalue weighted by Gasteiger charge is 2.36. The van der Waals surface area contributed by atoms with Crippen molar-refractivity contribution in [2.24, 2.45) is 0 Å². The number of hydrogen-bond donors (Lipinski definition) is 4. The number of amides is 1. The van der Waals surface area contributed by atoms with Gasteiger partial charge in [-0.15, -0.1) is 0 Å². The van der Waals surface area contributed by atoms with E-state index < -0.39 is 25.1 Å². The van der Waals surface area contributed by atoms with Crippen LogP contribution < -0.4 is 10.0 Å². The lowest BCUT2D eigenvalue weighted by Gasteiger charge is -2.30. The first-order chi connectivity index (χ1) is 10.4. The third-order valence-electron chi connectivity index (χ3n) is 3.44. The van der Waals surface area contributed by atoms with Crippen molar-refractivity contribution in [3.63, 3.8) is 0 Å². The van der Waals surface area contributed by atoms with Crippen LogP contribution in [0.1, 0.15) is 24.8 Å². The second-order valence-electron chi connectivity index (χ2n) is 5.27. The van der Waals surface area contributed by atoms with E-state index in [9.17, 15) is 19.8 Å². The van der Waals surface area contributed by atoms with Crippen molar-refractivity contribution in [3.05, 3.63) is 30.1 Å². The van der Waals surface area contributed by atoms with Crippen molar-refractivity contribution >= 4 is 19.0 Å². The highest BCUT2D eigenvalue weighted by Crippen LogP contribution is 2.18. The first-order valence-electron chi connectivity index (χ1n) is 6.98. The molecule has 0 aromatic carbocycles. The number of carboxylic acid groups (broad SMARTS) is 1. The number of rotatable bonds is 5. The zero-order valence-electron chi connectivity index (χ0n) is 11.9. The summed E-state index contributed by atoms with van der Waals surface area (Å²) in [5.41, 5.74) is 0.623. The van der Waals surface area contributed by atoms with Gasteiger partial charge in [0.2, 0.25) is 18.3 Å². The van der Waals surface area contributed by atoms with Crippen molar-refractivity contribution in [2.75, 3.05) is 0 Å². The van der Waals surface area contributed by atoms with Gasteiger partial charge < -0.3 is 20.1 Å². The van der Waals surface area contributed by atoms with Gasteiger partial charge in [0.15, 0.2) is 0 Å². The molecule has 9 heteroatoms. The van der Waals surface area contributed by atoms with E-state index in [0.29, 0.717) is 18.4 Å². The Labute approximate surface area is 127 Å². The number of pyridine rings is 1. The molecule has 0 radical (unpaired) electrons. The molecule has 0 spiro atoms. The molecule has 2 atom stereocenters. The SMILES string of the molecule is O=C(O)C[C@@H]1CC[C@H](NC(=O)Cc2ccc[n+](O)c2)B(O)O1. The van der Waals surface area contributed by atoms with Gasteiger partial charge in [-0.25, -0.2) is 0 Å². The first kappa shape index (κ1) is 16.2. The van der Waals surface area contributed by atoms with Crippen LogP contribution in [0, 0.1) is 0 Å². The van der Waals surface area contributed by atoms with E-state index in [4.69, 9.17) is 9.76 Å². The topological polar surface area (TPSA) is 120 Å². The summed E-state index contributed by atoms with van der Waals surface area (Å²) in [6, 6.07) is 3.31. The Hall–Kier alpha value is -2.13. The molecule has 4 N–H and O–H groups in total. The van der Waals surface area contributed by atoms with Crippen LogP contribution in [-0.4, -0.2) is 46.4 Å². The van der Waals surface area contributed by atoms with Crippen molar-refractivity contribution in [1.82, 2.24) is 5.32 Å². The normalized spacial score (nSPS) is 21.4. The summed E-state index contributed by atoms with van der Waals surface area (Å²) in [6.45, 7) is 0. The number of carboxylic acids is 1. The van der Waals surface area contributed by atoms with Crippen molar-refractivity contribution < 1.29 is 34.3 Å². The monoisotopic (exact) mass is 309 g/mol. The van der Waals surface area contributed by atoms with Gasteiger partial charge in [-0.2, -0.15) is 0 Å². The maximum atomic E-state index is 11.9. The third-order valence-corrected chi connectivity index (χ3v) is 3.44. The fraction of sp³-hybridized carbons (Fsp3) is 0.462. The van der Waals surface area contributed by atoms with Crippen LogP contribution in [0.5, 0.6) is 0 Å². The van der Waals surface area contributed by atoms with Gasteiger partial charge in [0, 0.05) is 16.4 Å². The Kier molecular flexibility index (Phi) is 5.34. The molecule has 0 aliphatic carbocycles. The minimum absolute atomic E-state index is 0.0587. The standard InChI is InChI=1S/C13H17BN2O6/c17-12(6-9-2-1-5-16(21)8-9)15-11-4-3-10(7-13(18)19)22-14(11)20/h1-2,5,8,10-11,20H,3-4,6-7H2,(H2-,15,17,18,19,21)/p+1/t10-,11-/m0/s1. The van der Waals surface area contributed by atoms with Crippen molar-refractivity contribution in [3.8, 4) is 0 Å². The molecule has 1 aliphatic rings. The van der Waals surface area contributed by atoms with Crippen LogP contribution in [0.4, 0.5) is 0 Å². The van der Waals surface area contributed by atoms with Gasteiger partial charge in [0.1, 0.15) is 0 Å². The molecule has 2 heterocycles. The Morgan fingerprint density at radius 3 is 2.86 bits per heavy atom. The summed E-state index contributed by atoms with van der Waals surface area (Å²) in [5, 5.41) is 30.5. The minimum atomic E-state index is -1.22. The zero-order chi connectivity index (χ0) is 16.1. The highest BCUT2D eigenvalue weighted by atomic mass is 16.5.